The van der Waals surface area contributed by atoms with Crippen LogP contribution in [0.2, 0.25) is 0 Å². The number of rotatable bonds is 5. The van der Waals surface area contributed by atoms with E-state index in [9.17, 15) is 4.79 Å². The molecule has 0 spiro atoms. The van der Waals surface area contributed by atoms with Crippen molar-refractivity contribution in [1.82, 2.24) is 5.32 Å². The summed E-state index contributed by atoms with van der Waals surface area (Å²) in [5, 5.41) is 11.8. The molecular weight excluding hydrogens is 280 g/mol. The molecule has 0 aliphatic rings. The third-order valence-electron chi connectivity index (χ3n) is 3.10. The zero-order valence-electron chi connectivity index (χ0n) is 12.4. The van der Waals surface area contributed by atoms with Crippen LogP contribution >= 0.6 is 0 Å². The lowest BCUT2D eigenvalue weighted by Crippen LogP contribution is -2.23. The van der Waals surface area contributed by atoms with E-state index in [1.807, 2.05) is 19.1 Å². The first-order valence-corrected chi connectivity index (χ1v) is 6.71. The van der Waals surface area contributed by atoms with E-state index in [1.165, 1.54) is 6.26 Å². The van der Waals surface area contributed by atoms with Crippen LogP contribution in [0.1, 0.15) is 16.9 Å². The van der Waals surface area contributed by atoms with Gasteiger partial charge in [0.15, 0.2) is 0 Å². The summed E-state index contributed by atoms with van der Waals surface area (Å²) in [4.78, 5) is 12.0. The summed E-state index contributed by atoms with van der Waals surface area (Å²) < 4.78 is 10.3. The number of hydrogen-bond donors (Lipinski definition) is 1. The number of carbonyl (C=O) groups is 1. The molecule has 1 heterocycles. The van der Waals surface area contributed by atoms with Gasteiger partial charge in [0.2, 0.25) is 0 Å². The van der Waals surface area contributed by atoms with Crippen molar-refractivity contribution >= 4 is 12.0 Å². The van der Waals surface area contributed by atoms with Crippen molar-refractivity contribution in [3.63, 3.8) is 0 Å². The highest BCUT2D eigenvalue weighted by molar-refractivity contribution is 6.01. The molecule has 1 N–H and O–H groups in total. The van der Waals surface area contributed by atoms with E-state index >= 15 is 0 Å². The van der Waals surface area contributed by atoms with Gasteiger partial charge in [-0.3, -0.25) is 4.79 Å². The zero-order valence-corrected chi connectivity index (χ0v) is 12.4. The molecule has 0 saturated carbocycles. The summed E-state index contributed by atoms with van der Waals surface area (Å²) in [5.74, 6) is 0.955. The fourth-order valence-corrected chi connectivity index (χ4v) is 1.98. The second kappa shape index (κ2) is 7.14. The van der Waals surface area contributed by atoms with Crippen molar-refractivity contribution in [2.75, 3.05) is 7.11 Å². The van der Waals surface area contributed by atoms with Crippen LogP contribution in [0.3, 0.4) is 0 Å². The number of ether oxygens (including phenoxy) is 1. The average molecular weight is 296 g/mol. The van der Waals surface area contributed by atoms with E-state index < -0.39 is 5.91 Å². The van der Waals surface area contributed by atoms with Crippen LogP contribution in [-0.2, 0) is 11.3 Å². The maximum absolute atomic E-state index is 12.0. The minimum Gasteiger partial charge on any atom is -0.496 e. The lowest BCUT2D eigenvalue weighted by atomic mass is 10.1. The molecular formula is C17H16N2O3. The standard InChI is InChI=1S/C17H16N2O3/c1-12-8-13(5-6-16(12)21-2)9-14(10-18)17(20)19-11-15-4-3-7-22-15/h3-9H,11H2,1-2H3,(H,19,20). The topological polar surface area (TPSA) is 75.3 Å². The normalized spacial score (nSPS) is 10.9. The zero-order chi connectivity index (χ0) is 15.9. The quantitative estimate of drug-likeness (QED) is 0.680. The van der Waals surface area contributed by atoms with Crippen molar-refractivity contribution in [1.29, 1.82) is 5.26 Å². The highest BCUT2D eigenvalue weighted by atomic mass is 16.5. The average Bonchev–Trinajstić information content (AvgIpc) is 3.04. The molecule has 5 nitrogen and oxygen atoms in total. The van der Waals surface area contributed by atoms with Gasteiger partial charge in [-0.15, -0.1) is 0 Å². The Morgan fingerprint density at radius 2 is 2.27 bits per heavy atom. The Morgan fingerprint density at radius 1 is 1.45 bits per heavy atom. The largest absolute Gasteiger partial charge is 0.496 e. The number of benzene rings is 1. The Balaban J connectivity index is 2.11. The predicted octanol–water partition coefficient (Wildman–Crippen LogP) is 2.82. The van der Waals surface area contributed by atoms with Crippen LogP contribution in [0.15, 0.2) is 46.6 Å². The van der Waals surface area contributed by atoms with Crippen molar-refractivity contribution < 1.29 is 13.9 Å². The fraction of sp³-hybridized carbons (Fsp3) is 0.176. The summed E-state index contributed by atoms with van der Waals surface area (Å²) >= 11 is 0. The van der Waals surface area contributed by atoms with Crippen LogP contribution in [-0.4, -0.2) is 13.0 Å². The Hall–Kier alpha value is -3.00. The summed E-state index contributed by atoms with van der Waals surface area (Å²) in [6.45, 7) is 2.14. The number of hydrogen-bond acceptors (Lipinski definition) is 4. The van der Waals surface area contributed by atoms with E-state index in [2.05, 4.69) is 5.32 Å². The summed E-state index contributed by atoms with van der Waals surface area (Å²) in [5.41, 5.74) is 1.74. The van der Waals surface area contributed by atoms with Gasteiger partial charge in [-0.1, -0.05) is 6.07 Å². The van der Waals surface area contributed by atoms with E-state index in [1.54, 1.807) is 37.5 Å². The number of furan rings is 1. The molecule has 1 amide bonds. The minimum atomic E-state index is -0.438. The number of aryl methyl sites for hydroxylation is 1. The summed E-state index contributed by atoms with van der Waals surface area (Å²) in [6, 6.07) is 10.9. The Kier molecular flexibility index (Phi) is 4.99. The highest BCUT2D eigenvalue weighted by Crippen LogP contribution is 2.20. The van der Waals surface area contributed by atoms with Gasteiger partial charge in [0.25, 0.3) is 5.91 Å². The molecule has 0 radical (unpaired) electrons. The molecule has 1 aromatic heterocycles. The van der Waals surface area contributed by atoms with Gasteiger partial charge in [-0.05, 0) is 48.4 Å². The number of amides is 1. The van der Waals surface area contributed by atoms with Crippen molar-refractivity contribution in [2.24, 2.45) is 0 Å². The second-order valence-corrected chi connectivity index (χ2v) is 4.66. The smallest absolute Gasteiger partial charge is 0.262 e. The number of nitrogens with one attached hydrogen (secondary N) is 1. The van der Waals surface area contributed by atoms with Gasteiger partial charge >= 0.3 is 0 Å². The van der Waals surface area contributed by atoms with Crippen LogP contribution in [0.5, 0.6) is 5.75 Å². The fourth-order valence-electron chi connectivity index (χ4n) is 1.98. The lowest BCUT2D eigenvalue weighted by molar-refractivity contribution is -0.117. The maximum Gasteiger partial charge on any atom is 0.262 e. The van der Waals surface area contributed by atoms with Gasteiger partial charge in [0, 0.05) is 0 Å². The van der Waals surface area contributed by atoms with Crippen molar-refractivity contribution in [2.45, 2.75) is 13.5 Å². The van der Waals surface area contributed by atoms with Gasteiger partial charge in [0.05, 0.1) is 19.9 Å². The van der Waals surface area contributed by atoms with Crippen LogP contribution < -0.4 is 10.1 Å². The molecule has 22 heavy (non-hydrogen) atoms. The SMILES string of the molecule is COc1ccc(C=C(C#N)C(=O)NCc2ccco2)cc1C. The van der Waals surface area contributed by atoms with Crippen LogP contribution in [0.4, 0.5) is 0 Å². The first kappa shape index (κ1) is 15.4. The van der Waals surface area contributed by atoms with Gasteiger partial charge < -0.3 is 14.5 Å². The third-order valence-corrected chi connectivity index (χ3v) is 3.10. The monoisotopic (exact) mass is 296 g/mol. The van der Waals surface area contributed by atoms with Crippen molar-refractivity contribution in [3.05, 3.63) is 59.1 Å². The van der Waals surface area contributed by atoms with Gasteiger partial charge in [-0.2, -0.15) is 5.26 Å². The minimum absolute atomic E-state index is 0.0381. The number of carbonyl (C=O) groups excluding carboxylic acids is 1. The first-order chi connectivity index (χ1) is 10.6. The maximum atomic E-state index is 12.0. The Labute approximate surface area is 128 Å². The summed E-state index contributed by atoms with van der Waals surface area (Å²) in [7, 11) is 1.60. The highest BCUT2D eigenvalue weighted by Gasteiger charge is 2.10. The van der Waals surface area contributed by atoms with Crippen LogP contribution in [0.25, 0.3) is 6.08 Å². The summed E-state index contributed by atoms with van der Waals surface area (Å²) in [6.07, 6.45) is 3.08. The second-order valence-electron chi connectivity index (χ2n) is 4.66. The van der Waals surface area contributed by atoms with E-state index in [-0.39, 0.29) is 12.1 Å². The van der Waals surface area contributed by atoms with Gasteiger partial charge in [0.1, 0.15) is 23.2 Å². The molecule has 0 atom stereocenters. The number of nitriles is 1. The van der Waals surface area contributed by atoms with E-state index in [4.69, 9.17) is 14.4 Å². The van der Waals surface area contributed by atoms with Crippen molar-refractivity contribution in [3.8, 4) is 11.8 Å². The van der Waals surface area contributed by atoms with E-state index in [0.29, 0.717) is 5.76 Å². The first-order valence-electron chi connectivity index (χ1n) is 6.71. The lowest BCUT2D eigenvalue weighted by Gasteiger charge is -2.06. The molecule has 0 aliphatic heterocycles. The predicted molar refractivity (Wildman–Crippen MR) is 81.9 cm³/mol. The number of nitrogens with zero attached hydrogens (tertiary/aromatic N) is 1. The molecule has 112 valence electrons. The molecule has 0 bridgehead atoms. The molecule has 2 rings (SSSR count). The molecule has 0 aliphatic carbocycles. The molecule has 1 aromatic carbocycles. The Bertz CT molecular complexity index is 725. The number of methoxy groups -OCH3 is 1. The Morgan fingerprint density at radius 3 is 2.86 bits per heavy atom. The van der Waals surface area contributed by atoms with Crippen LogP contribution in [0, 0.1) is 18.3 Å². The molecule has 0 unspecified atom stereocenters. The molecule has 0 fully saturated rings. The molecule has 0 saturated heterocycles. The molecule has 5 heteroatoms. The van der Waals surface area contributed by atoms with E-state index in [0.717, 1.165) is 16.9 Å². The third kappa shape index (κ3) is 3.76. The molecule has 2 aromatic rings. The van der Waals surface area contributed by atoms with Gasteiger partial charge in [-0.25, -0.2) is 0 Å².